The molecule has 0 spiro atoms. The van der Waals surface area contributed by atoms with Gasteiger partial charge in [0.05, 0.1) is 10.9 Å². The quantitative estimate of drug-likeness (QED) is 0.839. The van der Waals surface area contributed by atoms with E-state index in [0.29, 0.717) is 4.88 Å². The van der Waals surface area contributed by atoms with Crippen molar-refractivity contribution >= 4 is 23.2 Å². The number of rotatable bonds is 6. The van der Waals surface area contributed by atoms with E-state index in [9.17, 15) is 14.0 Å². The Morgan fingerprint density at radius 3 is 2.25 bits per heavy atom. The van der Waals surface area contributed by atoms with Crippen LogP contribution in [-0.4, -0.2) is 17.9 Å². The lowest BCUT2D eigenvalue weighted by Crippen LogP contribution is -2.50. The van der Waals surface area contributed by atoms with Gasteiger partial charge in [-0.25, -0.2) is 4.39 Å². The third-order valence-corrected chi connectivity index (χ3v) is 4.58. The minimum Gasteiger partial charge on any atom is -0.348 e. The molecule has 2 amide bonds. The van der Waals surface area contributed by atoms with Gasteiger partial charge < -0.3 is 10.6 Å². The predicted octanol–water partition coefficient (Wildman–Crippen LogP) is 3.52. The Labute approximate surface area is 145 Å². The first kappa shape index (κ1) is 18.1. The van der Waals surface area contributed by atoms with Crippen LogP contribution in [0.5, 0.6) is 0 Å². The topological polar surface area (TPSA) is 58.2 Å². The summed E-state index contributed by atoms with van der Waals surface area (Å²) in [6.45, 7) is 5.58. The minimum absolute atomic E-state index is 0.0608. The zero-order valence-electron chi connectivity index (χ0n) is 13.9. The average molecular weight is 348 g/mol. The van der Waals surface area contributed by atoms with Gasteiger partial charge in [0.15, 0.2) is 0 Å². The number of halogens is 1. The smallest absolute Gasteiger partial charge is 0.262 e. The molecule has 0 radical (unpaired) electrons. The standard InChI is InChI=1S/C18H21FN2O2S/c1-11(2)16(21-17(22)15-5-4-10-24-15)18(23)20-12(3)13-6-8-14(19)9-7-13/h4-12,16H,1-3H3,(H,20,23)(H,21,22). The summed E-state index contributed by atoms with van der Waals surface area (Å²) in [5.74, 6) is -0.894. The summed E-state index contributed by atoms with van der Waals surface area (Å²) in [6.07, 6.45) is 0. The van der Waals surface area contributed by atoms with Crippen LogP contribution in [0, 0.1) is 11.7 Å². The molecule has 2 atom stereocenters. The zero-order valence-corrected chi connectivity index (χ0v) is 14.7. The Hall–Kier alpha value is -2.21. The molecule has 0 saturated carbocycles. The second kappa shape index (κ2) is 8.06. The fourth-order valence-corrected chi connectivity index (χ4v) is 2.92. The molecule has 0 aliphatic rings. The van der Waals surface area contributed by atoms with Crippen molar-refractivity contribution in [2.45, 2.75) is 32.9 Å². The second-order valence-electron chi connectivity index (χ2n) is 5.95. The van der Waals surface area contributed by atoms with Gasteiger partial charge in [0, 0.05) is 0 Å². The summed E-state index contributed by atoms with van der Waals surface area (Å²) in [6, 6.07) is 8.58. The van der Waals surface area contributed by atoms with Crippen molar-refractivity contribution in [1.29, 1.82) is 0 Å². The number of thiophene rings is 1. The van der Waals surface area contributed by atoms with Gasteiger partial charge in [-0.15, -0.1) is 11.3 Å². The number of nitrogens with one attached hydrogen (secondary N) is 2. The molecular weight excluding hydrogens is 327 g/mol. The van der Waals surface area contributed by atoms with E-state index >= 15 is 0 Å². The zero-order chi connectivity index (χ0) is 17.7. The van der Waals surface area contributed by atoms with Crippen LogP contribution in [0.3, 0.4) is 0 Å². The third-order valence-electron chi connectivity index (χ3n) is 3.71. The summed E-state index contributed by atoms with van der Waals surface area (Å²) in [5.41, 5.74) is 0.803. The van der Waals surface area contributed by atoms with Crippen molar-refractivity contribution in [3.05, 3.63) is 58.0 Å². The molecule has 2 aromatic rings. The lowest BCUT2D eigenvalue weighted by Gasteiger charge is -2.24. The molecule has 6 heteroatoms. The summed E-state index contributed by atoms with van der Waals surface area (Å²) < 4.78 is 13.0. The lowest BCUT2D eigenvalue weighted by atomic mass is 10.0. The highest BCUT2D eigenvalue weighted by atomic mass is 32.1. The molecule has 0 bridgehead atoms. The van der Waals surface area contributed by atoms with Crippen LogP contribution in [0.4, 0.5) is 4.39 Å². The maximum Gasteiger partial charge on any atom is 0.262 e. The highest BCUT2D eigenvalue weighted by Gasteiger charge is 2.26. The lowest BCUT2D eigenvalue weighted by molar-refractivity contribution is -0.124. The fraction of sp³-hybridized carbons (Fsp3) is 0.333. The van der Waals surface area contributed by atoms with Crippen molar-refractivity contribution in [3.8, 4) is 0 Å². The molecule has 1 aromatic carbocycles. The monoisotopic (exact) mass is 348 g/mol. The van der Waals surface area contributed by atoms with Crippen LogP contribution < -0.4 is 10.6 Å². The van der Waals surface area contributed by atoms with Crippen LogP contribution in [0.15, 0.2) is 41.8 Å². The molecule has 128 valence electrons. The van der Waals surface area contributed by atoms with Gasteiger partial charge in [-0.3, -0.25) is 9.59 Å². The van der Waals surface area contributed by atoms with Crippen LogP contribution in [0.1, 0.15) is 42.0 Å². The van der Waals surface area contributed by atoms with Crippen molar-refractivity contribution in [1.82, 2.24) is 10.6 Å². The molecule has 1 heterocycles. The summed E-state index contributed by atoms with van der Waals surface area (Å²) in [4.78, 5) is 25.3. The summed E-state index contributed by atoms with van der Waals surface area (Å²) >= 11 is 1.33. The van der Waals surface area contributed by atoms with Gasteiger partial charge in [-0.2, -0.15) is 0 Å². The minimum atomic E-state index is -0.637. The second-order valence-corrected chi connectivity index (χ2v) is 6.90. The molecule has 1 aromatic heterocycles. The molecule has 2 rings (SSSR count). The number of hydrogen-bond acceptors (Lipinski definition) is 3. The first-order chi connectivity index (χ1) is 11.4. The average Bonchev–Trinajstić information content (AvgIpc) is 3.07. The predicted molar refractivity (Wildman–Crippen MR) is 93.4 cm³/mol. The van der Waals surface area contributed by atoms with E-state index in [2.05, 4.69) is 10.6 Å². The van der Waals surface area contributed by atoms with E-state index in [1.54, 1.807) is 24.3 Å². The maximum absolute atomic E-state index is 13.0. The number of benzene rings is 1. The Kier molecular flexibility index (Phi) is 6.09. The summed E-state index contributed by atoms with van der Waals surface area (Å²) in [7, 11) is 0. The third kappa shape index (κ3) is 4.64. The number of hydrogen-bond donors (Lipinski definition) is 2. The van der Waals surface area contributed by atoms with Crippen molar-refractivity contribution in [2.24, 2.45) is 5.92 Å². The van der Waals surface area contributed by atoms with Gasteiger partial charge in [0.2, 0.25) is 5.91 Å². The maximum atomic E-state index is 13.0. The number of carbonyl (C=O) groups excluding carboxylic acids is 2. The number of amides is 2. The Morgan fingerprint density at radius 1 is 1.04 bits per heavy atom. The Morgan fingerprint density at radius 2 is 1.71 bits per heavy atom. The first-order valence-corrected chi connectivity index (χ1v) is 8.66. The largest absolute Gasteiger partial charge is 0.348 e. The van der Waals surface area contributed by atoms with Crippen LogP contribution >= 0.6 is 11.3 Å². The van der Waals surface area contributed by atoms with E-state index in [-0.39, 0.29) is 29.6 Å². The first-order valence-electron chi connectivity index (χ1n) is 7.78. The van der Waals surface area contributed by atoms with Crippen LogP contribution in [0.2, 0.25) is 0 Å². The Balaban J connectivity index is 2.03. The van der Waals surface area contributed by atoms with E-state index in [1.807, 2.05) is 26.2 Å². The van der Waals surface area contributed by atoms with Crippen LogP contribution in [-0.2, 0) is 4.79 Å². The molecule has 0 saturated heterocycles. The normalized spacial score (nSPS) is 13.4. The molecular formula is C18H21FN2O2S. The number of carbonyl (C=O) groups is 2. The summed E-state index contributed by atoms with van der Waals surface area (Å²) in [5, 5.41) is 7.47. The van der Waals surface area contributed by atoms with Gasteiger partial charge in [-0.1, -0.05) is 32.0 Å². The highest BCUT2D eigenvalue weighted by Crippen LogP contribution is 2.15. The molecule has 0 aliphatic carbocycles. The van der Waals surface area contributed by atoms with E-state index in [1.165, 1.54) is 23.5 Å². The molecule has 2 N–H and O–H groups in total. The van der Waals surface area contributed by atoms with Gasteiger partial charge in [-0.05, 0) is 42.0 Å². The fourth-order valence-electron chi connectivity index (χ4n) is 2.29. The molecule has 4 nitrogen and oxygen atoms in total. The SMILES string of the molecule is CC(NC(=O)C(NC(=O)c1cccs1)C(C)C)c1ccc(F)cc1. The van der Waals surface area contributed by atoms with Gasteiger partial charge >= 0.3 is 0 Å². The molecule has 24 heavy (non-hydrogen) atoms. The van der Waals surface area contributed by atoms with Gasteiger partial charge in [0.25, 0.3) is 5.91 Å². The molecule has 2 unspecified atom stereocenters. The van der Waals surface area contributed by atoms with E-state index in [4.69, 9.17) is 0 Å². The van der Waals surface area contributed by atoms with E-state index in [0.717, 1.165) is 5.56 Å². The van der Waals surface area contributed by atoms with Crippen molar-refractivity contribution in [3.63, 3.8) is 0 Å². The van der Waals surface area contributed by atoms with Gasteiger partial charge in [0.1, 0.15) is 11.9 Å². The molecule has 0 fully saturated rings. The van der Waals surface area contributed by atoms with Crippen molar-refractivity contribution in [2.75, 3.05) is 0 Å². The van der Waals surface area contributed by atoms with Crippen LogP contribution in [0.25, 0.3) is 0 Å². The molecule has 0 aliphatic heterocycles. The highest BCUT2D eigenvalue weighted by molar-refractivity contribution is 7.12. The Bertz CT molecular complexity index is 684. The van der Waals surface area contributed by atoms with Crippen molar-refractivity contribution < 1.29 is 14.0 Å². The van der Waals surface area contributed by atoms with E-state index < -0.39 is 6.04 Å².